The van der Waals surface area contributed by atoms with Gasteiger partial charge in [0.1, 0.15) is 5.75 Å². The van der Waals surface area contributed by atoms with Gasteiger partial charge in [-0.25, -0.2) is 8.42 Å². The second-order valence-electron chi connectivity index (χ2n) is 3.57. The smallest absolute Gasteiger partial charge is 0.235 e. The van der Waals surface area contributed by atoms with Gasteiger partial charge >= 0.3 is 0 Å². The zero-order valence-electron chi connectivity index (χ0n) is 10.5. The van der Waals surface area contributed by atoms with Gasteiger partial charge in [0.25, 0.3) is 0 Å². The highest BCUT2D eigenvalue weighted by molar-refractivity contribution is 7.92. The average Bonchev–Trinajstić information content (AvgIpc) is 2.31. The molecular weight excluding hydrogens is 256 g/mol. The lowest BCUT2D eigenvalue weighted by atomic mass is 10.3. The summed E-state index contributed by atoms with van der Waals surface area (Å²) in [6.07, 6.45) is 0. The number of nitrogens with one attached hydrogen (secondary N) is 1. The van der Waals surface area contributed by atoms with E-state index in [9.17, 15) is 8.42 Å². The summed E-state index contributed by atoms with van der Waals surface area (Å²) in [5.41, 5.74) is 6.51. The summed E-state index contributed by atoms with van der Waals surface area (Å²) in [6, 6.07) is 4.70. The number of hydrogen-bond donors (Lipinski definition) is 2. The van der Waals surface area contributed by atoms with E-state index in [2.05, 4.69) is 4.72 Å². The van der Waals surface area contributed by atoms with E-state index >= 15 is 0 Å². The number of anilines is 2. The fourth-order valence-corrected chi connectivity index (χ4v) is 2.24. The molecular formula is C11H18N2O4S. The minimum Gasteiger partial charge on any atom is -0.495 e. The molecule has 0 radical (unpaired) electrons. The van der Waals surface area contributed by atoms with Crippen LogP contribution in [0, 0.1) is 0 Å². The lowest BCUT2D eigenvalue weighted by Crippen LogP contribution is -2.20. The predicted octanol–water partition coefficient (Wildman–Crippen LogP) is 1.06. The van der Waals surface area contributed by atoms with Crippen LogP contribution in [-0.2, 0) is 14.8 Å². The molecule has 0 aliphatic carbocycles. The molecule has 18 heavy (non-hydrogen) atoms. The number of benzene rings is 1. The molecule has 0 aromatic heterocycles. The Kier molecular flexibility index (Phi) is 5.24. The average molecular weight is 274 g/mol. The van der Waals surface area contributed by atoms with Gasteiger partial charge in [0.15, 0.2) is 0 Å². The Balaban J connectivity index is 2.72. The van der Waals surface area contributed by atoms with E-state index in [-0.39, 0.29) is 12.4 Å². The van der Waals surface area contributed by atoms with E-state index in [0.29, 0.717) is 23.7 Å². The first-order valence-electron chi connectivity index (χ1n) is 5.50. The number of nitrogens with two attached hydrogens (primary N) is 1. The van der Waals surface area contributed by atoms with Gasteiger partial charge in [-0.15, -0.1) is 0 Å². The third kappa shape index (κ3) is 4.42. The molecule has 0 amide bonds. The summed E-state index contributed by atoms with van der Waals surface area (Å²) in [5.74, 6) is 0.341. The molecule has 102 valence electrons. The molecule has 1 aromatic rings. The molecule has 0 saturated heterocycles. The zero-order valence-corrected chi connectivity index (χ0v) is 11.3. The number of ether oxygens (including phenoxy) is 2. The Morgan fingerprint density at radius 3 is 2.72 bits per heavy atom. The minimum absolute atomic E-state index is 0.0898. The summed E-state index contributed by atoms with van der Waals surface area (Å²) in [4.78, 5) is 0. The zero-order chi connectivity index (χ0) is 13.6. The van der Waals surface area contributed by atoms with Crippen molar-refractivity contribution < 1.29 is 17.9 Å². The van der Waals surface area contributed by atoms with Crippen molar-refractivity contribution in [3.63, 3.8) is 0 Å². The van der Waals surface area contributed by atoms with Gasteiger partial charge in [0.2, 0.25) is 10.0 Å². The molecule has 0 atom stereocenters. The first-order valence-corrected chi connectivity index (χ1v) is 7.15. The second kappa shape index (κ2) is 6.46. The van der Waals surface area contributed by atoms with Crippen molar-refractivity contribution in [1.82, 2.24) is 0 Å². The first-order chi connectivity index (χ1) is 8.48. The molecule has 0 heterocycles. The van der Waals surface area contributed by atoms with E-state index in [1.54, 1.807) is 12.1 Å². The maximum Gasteiger partial charge on any atom is 0.235 e. The number of hydrogen-bond acceptors (Lipinski definition) is 5. The van der Waals surface area contributed by atoms with Gasteiger partial charge in [-0.2, -0.15) is 0 Å². The van der Waals surface area contributed by atoms with Crippen LogP contribution in [0.1, 0.15) is 6.92 Å². The highest BCUT2D eigenvalue weighted by Gasteiger charge is 2.11. The number of rotatable bonds is 7. The van der Waals surface area contributed by atoms with E-state index in [1.807, 2.05) is 6.92 Å². The number of methoxy groups -OCH3 is 1. The first kappa shape index (κ1) is 14.6. The molecule has 0 spiro atoms. The van der Waals surface area contributed by atoms with Crippen molar-refractivity contribution in [1.29, 1.82) is 0 Å². The maximum atomic E-state index is 11.7. The van der Waals surface area contributed by atoms with Crippen LogP contribution >= 0.6 is 0 Å². The summed E-state index contributed by atoms with van der Waals surface area (Å²) in [7, 11) is -1.94. The van der Waals surface area contributed by atoms with Crippen LogP contribution in [0.4, 0.5) is 11.4 Å². The molecule has 0 unspecified atom stereocenters. The fourth-order valence-electron chi connectivity index (χ4n) is 1.32. The molecule has 0 aliphatic heterocycles. The molecule has 0 fully saturated rings. The standard InChI is InChI=1S/C11H18N2O4S/c1-3-17-6-7-18(14,15)13-9-4-5-10(12)11(8-9)16-2/h4-5,8,13H,3,6-7,12H2,1-2H3. The van der Waals surface area contributed by atoms with E-state index in [0.717, 1.165) is 0 Å². The second-order valence-corrected chi connectivity index (χ2v) is 5.42. The summed E-state index contributed by atoms with van der Waals surface area (Å²) >= 11 is 0. The van der Waals surface area contributed by atoms with E-state index in [1.165, 1.54) is 13.2 Å². The summed E-state index contributed by atoms with van der Waals surface area (Å²) in [6.45, 7) is 2.47. The van der Waals surface area contributed by atoms with Crippen LogP contribution in [0.5, 0.6) is 5.75 Å². The molecule has 1 rings (SSSR count). The van der Waals surface area contributed by atoms with Crippen molar-refractivity contribution in [2.75, 3.05) is 36.5 Å². The lowest BCUT2D eigenvalue weighted by Gasteiger charge is -2.10. The minimum atomic E-state index is -3.42. The predicted molar refractivity (Wildman–Crippen MR) is 71.3 cm³/mol. The van der Waals surface area contributed by atoms with Gasteiger partial charge in [-0.1, -0.05) is 0 Å². The fraction of sp³-hybridized carbons (Fsp3) is 0.455. The van der Waals surface area contributed by atoms with Crippen molar-refractivity contribution in [3.05, 3.63) is 18.2 Å². The van der Waals surface area contributed by atoms with Crippen LogP contribution in [0.15, 0.2) is 18.2 Å². The Hall–Kier alpha value is -1.47. The highest BCUT2D eigenvalue weighted by Crippen LogP contribution is 2.25. The van der Waals surface area contributed by atoms with Crippen molar-refractivity contribution in [3.8, 4) is 5.75 Å². The molecule has 7 heteroatoms. The van der Waals surface area contributed by atoms with Crippen molar-refractivity contribution in [2.24, 2.45) is 0 Å². The van der Waals surface area contributed by atoms with Gasteiger partial charge in [-0.05, 0) is 19.1 Å². The molecule has 0 aliphatic rings. The third-order valence-corrected chi connectivity index (χ3v) is 3.46. The maximum absolute atomic E-state index is 11.7. The molecule has 6 nitrogen and oxygen atoms in total. The Morgan fingerprint density at radius 2 is 2.11 bits per heavy atom. The van der Waals surface area contributed by atoms with E-state index in [4.69, 9.17) is 15.2 Å². The summed E-state index contributed by atoms with van der Waals surface area (Å²) in [5, 5.41) is 0. The van der Waals surface area contributed by atoms with Crippen LogP contribution in [0.25, 0.3) is 0 Å². The number of sulfonamides is 1. The molecule has 3 N–H and O–H groups in total. The lowest BCUT2D eigenvalue weighted by molar-refractivity contribution is 0.163. The van der Waals surface area contributed by atoms with E-state index < -0.39 is 10.0 Å². The summed E-state index contributed by atoms with van der Waals surface area (Å²) < 4.78 is 35.8. The normalized spacial score (nSPS) is 11.2. The van der Waals surface area contributed by atoms with Crippen LogP contribution in [-0.4, -0.2) is 34.5 Å². The van der Waals surface area contributed by atoms with Gasteiger partial charge < -0.3 is 15.2 Å². The highest BCUT2D eigenvalue weighted by atomic mass is 32.2. The quantitative estimate of drug-likeness (QED) is 0.573. The van der Waals surface area contributed by atoms with Gasteiger partial charge in [0, 0.05) is 12.7 Å². The monoisotopic (exact) mass is 274 g/mol. The molecule has 1 aromatic carbocycles. The SMILES string of the molecule is CCOCCS(=O)(=O)Nc1ccc(N)c(OC)c1. The Morgan fingerprint density at radius 1 is 1.39 bits per heavy atom. The van der Waals surface area contributed by atoms with Gasteiger partial charge in [-0.3, -0.25) is 4.72 Å². The molecule has 0 saturated carbocycles. The van der Waals surface area contributed by atoms with Crippen LogP contribution in [0.3, 0.4) is 0 Å². The van der Waals surface area contributed by atoms with Crippen molar-refractivity contribution >= 4 is 21.4 Å². The van der Waals surface area contributed by atoms with Crippen LogP contribution in [0.2, 0.25) is 0 Å². The van der Waals surface area contributed by atoms with Crippen LogP contribution < -0.4 is 15.2 Å². The Bertz CT molecular complexity index is 488. The third-order valence-electron chi connectivity index (χ3n) is 2.21. The topological polar surface area (TPSA) is 90.7 Å². The molecule has 0 bridgehead atoms. The van der Waals surface area contributed by atoms with Gasteiger partial charge in [0.05, 0.1) is 30.8 Å². The number of nitrogen functional groups attached to an aromatic ring is 1. The Labute approximate surface area is 107 Å². The largest absolute Gasteiger partial charge is 0.495 e. The van der Waals surface area contributed by atoms with Crippen molar-refractivity contribution in [2.45, 2.75) is 6.92 Å².